The Morgan fingerprint density at radius 3 is 2.60 bits per heavy atom. The molecule has 3 amide bonds. The summed E-state index contributed by atoms with van der Waals surface area (Å²) in [4.78, 5) is 42.3. The number of benzene rings is 1. The Morgan fingerprint density at radius 2 is 1.87 bits per heavy atom. The van der Waals surface area contributed by atoms with Crippen molar-refractivity contribution < 1.29 is 14.4 Å². The highest BCUT2D eigenvalue weighted by Crippen LogP contribution is 2.33. The standard InChI is InChI=1S/C23H32N4O3/c1-15-7-11-26(12-8-15)22(30)17(3)27-13-10-23(9-6-20(27)28)24-19-14-16(2)4-5-18(19)21(29)25-23/h4-5,14-15,17,24H,6-13H2,1-3H3,(H,25,29). The van der Waals surface area contributed by atoms with E-state index in [1.54, 1.807) is 4.90 Å². The van der Waals surface area contributed by atoms with Crippen LogP contribution >= 0.6 is 0 Å². The van der Waals surface area contributed by atoms with Crippen LogP contribution in [-0.4, -0.2) is 58.9 Å². The van der Waals surface area contributed by atoms with Gasteiger partial charge in [-0.15, -0.1) is 0 Å². The minimum atomic E-state index is -0.661. The number of nitrogens with zero attached hydrogens (tertiary/aromatic N) is 2. The van der Waals surface area contributed by atoms with Crippen LogP contribution in [-0.2, 0) is 9.59 Å². The minimum absolute atomic E-state index is 0.0239. The van der Waals surface area contributed by atoms with E-state index < -0.39 is 11.7 Å². The number of carbonyl (C=O) groups is 3. The maximum absolute atomic E-state index is 13.0. The van der Waals surface area contributed by atoms with Gasteiger partial charge in [-0.25, -0.2) is 0 Å². The lowest BCUT2D eigenvalue weighted by atomic mass is 9.94. The molecule has 2 atom stereocenters. The molecule has 0 aromatic heterocycles. The molecule has 0 radical (unpaired) electrons. The monoisotopic (exact) mass is 412 g/mol. The Kier molecular flexibility index (Phi) is 5.47. The van der Waals surface area contributed by atoms with Gasteiger partial charge in [0.2, 0.25) is 11.8 Å². The number of amides is 3. The van der Waals surface area contributed by atoms with Crippen LogP contribution in [0.3, 0.4) is 0 Å². The first-order valence-electron chi connectivity index (χ1n) is 11.1. The van der Waals surface area contributed by atoms with Crippen LogP contribution in [0.5, 0.6) is 0 Å². The second kappa shape index (κ2) is 7.93. The first-order chi connectivity index (χ1) is 14.3. The van der Waals surface area contributed by atoms with Crippen LogP contribution < -0.4 is 10.6 Å². The lowest BCUT2D eigenvalue weighted by molar-refractivity contribution is -0.145. The fourth-order valence-electron chi connectivity index (χ4n) is 4.84. The maximum atomic E-state index is 13.0. The Morgan fingerprint density at radius 1 is 1.13 bits per heavy atom. The molecule has 2 unspecified atom stereocenters. The Hall–Kier alpha value is -2.57. The number of likely N-dealkylation sites (tertiary alicyclic amines) is 2. The largest absolute Gasteiger partial charge is 0.362 e. The van der Waals surface area contributed by atoms with Crippen molar-refractivity contribution >= 4 is 23.4 Å². The zero-order chi connectivity index (χ0) is 21.5. The molecule has 2 N–H and O–H groups in total. The van der Waals surface area contributed by atoms with Crippen molar-refractivity contribution in [1.29, 1.82) is 0 Å². The molecule has 162 valence electrons. The van der Waals surface area contributed by atoms with Crippen LogP contribution in [0.2, 0.25) is 0 Å². The number of hydrogen-bond donors (Lipinski definition) is 2. The summed E-state index contributed by atoms with van der Waals surface area (Å²) < 4.78 is 0. The fraction of sp³-hybridized carbons (Fsp3) is 0.609. The number of carbonyl (C=O) groups excluding carboxylic acids is 3. The second-order valence-electron chi connectivity index (χ2n) is 9.23. The van der Waals surface area contributed by atoms with E-state index in [1.165, 1.54) is 0 Å². The van der Waals surface area contributed by atoms with Gasteiger partial charge in [0, 0.05) is 38.2 Å². The lowest BCUT2D eigenvalue weighted by Crippen LogP contribution is -2.58. The highest BCUT2D eigenvalue weighted by molar-refractivity contribution is 6.02. The molecular weight excluding hydrogens is 380 g/mol. The number of nitrogens with one attached hydrogen (secondary N) is 2. The molecule has 7 nitrogen and oxygen atoms in total. The first kappa shape index (κ1) is 20.7. The fourth-order valence-corrected chi connectivity index (χ4v) is 4.84. The van der Waals surface area contributed by atoms with Gasteiger partial charge < -0.3 is 20.4 Å². The normalized spacial score (nSPS) is 26.0. The van der Waals surface area contributed by atoms with Crippen LogP contribution in [0.1, 0.15) is 61.9 Å². The van der Waals surface area contributed by atoms with E-state index in [0.29, 0.717) is 37.3 Å². The molecule has 0 aliphatic carbocycles. The molecule has 4 rings (SSSR count). The third kappa shape index (κ3) is 3.89. The summed E-state index contributed by atoms with van der Waals surface area (Å²) in [5, 5.41) is 6.60. The Bertz CT molecular complexity index is 862. The molecule has 0 saturated carbocycles. The summed E-state index contributed by atoms with van der Waals surface area (Å²) in [5.41, 5.74) is 1.85. The highest BCUT2D eigenvalue weighted by Gasteiger charge is 2.42. The molecule has 0 bridgehead atoms. The van der Waals surface area contributed by atoms with Crippen LogP contribution in [0.15, 0.2) is 18.2 Å². The van der Waals surface area contributed by atoms with Crippen LogP contribution in [0.25, 0.3) is 0 Å². The van der Waals surface area contributed by atoms with Crippen molar-refractivity contribution in [2.45, 2.75) is 64.6 Å². The summed E-state index contributed by atoms with van der Waals surface area (Å²) in [6.07, 6.45) is 3.40. The van der Waals surface area contributed by atoms with Crippen molar-refractivity contribution in [3.05, 3.63) is 29.3 Å². The molecule has 7 heteroatoms. The summed E-state index contributed by atoms with van der Waals surface area (Å²) in [7, 11) is 0. The maximum Gasteiger partial charge on any atom is 0.255 e. The van der Waals surface area contributed by atoms with E-state index >= 15 is 0 Å². The van der Waals surface area contributed by atoms with Crippen molar-refractivity contribution in [1.82, 2.24) is 15.1 Å². The Labute approximate surface area is 178 Å². The predicted octanol–water partition coefficient (Wildman–Crippen LogP) is 2.51. The third-order valence-corrected chi connectivity index (χ3v) is 6.93. The van der Waals surface area contributed by atoms with Crippen molar-refractivity contribution in [2.75, 3.05) is 25.0 Å². The zero-order valence-corrected chi connectivity index (χ0v) is 18.2. The molecular formula is C23H32N4O3. The molecule has 3 heterocycles. The number of rotatable bonds is 2. The van der Waals surface area contributed by atoms with Gasteiger partial charge in [-0.3, -0.25) is 14.4 Å². The smallest absolute Gasteiger partial charge is 0.255 e. The quantitative estimate of drug-likeness (QED) is 0.782. The van der Waals surface area contributed by atoms with Gasteiger partial charge in [0.05, 0.1) is 5.56 Å². The van der Waals surface area contributed by atoms with Crippen molar-refractivity contribution in [2.24, 2.45) is 5.92 Å². The van der Waals surface area contributed by atoms with E-state index in [1.807, 2.05) is 36.9 Å². The van der Waals surface area contributed by atoms with E-state index in [-0.39, 0.29) is 17.7 Å². The number of aryl methyl sites for hydroxylation is 1. The number of hydrogen-bond acceptors (Lipinski definition) is 4. The zero-order valence-electron chi connectivity index (χ0n) is 18.2. The van der Waals surface area contributed by atoms with Gasteiger partial charge in [0.15, 0.2) is 0 Å². The lowest BCUT2D eigenvalue weighted by Gasteiger charge is -2.40. The summed E-state index contributed by atoms with van der Waals surface area (Å²) in [5.74, 6) is 0.546. The first-order valence-corrected chi connectivity index (χ1v) is 11.1. The summed E-state index contributed by atoms with van der Waals surface area (Å²) in [6, 6.07) is 5.25. The minimum Gasteiger partial charge on any atom is -0.362 e. The molecule has 1 aromatic carbocycles. The van der Waals surface area contributed by atoms with E-state index in [4.69, 9.17) is 0 Å². The second-order valence-corrected chi connectivity index (χ2v) is 9.23. The van der Waals surface area contributed by atoms with Crippen molar-refractivity contribution in [3.8, 4) is 0 Å². The Balaban J connectivity index is 1.48. The van der Waals surface area contributed by atoms with Gasteiger partial charge in [-0.05, 0) is 56.7 Å². The van der Waals surface area contributed by atoms with Crippen molar-refractivity contribution in [3.63, 3.8) is 0 Å². The van der Waals surface area contributed by atoms with Crippen LogP contribution in [0.4, 0.5) is 5.69 Å². The topological polar surface area (TPSA) is 81.8 Å². The van der Waals surface area contributed by atoms with Gasteiger partial charge in [0.1, 0.15) is 11.7 Å². The van der Waals surface area contributed by atoms with Gasteiger partial charge in [-0.2, -0.15) is 0 Å². The van der Waals surface area contributed by atoms with Gasteiger partial charge in [0.25, 0.3) is 5.91 Å². The molecule has 2 fully saturated rings. The van der Waals surface area contributed by atoms with Gasteiger partial charge >= 0.3 is 0 Å². The average molecular weight is 413 g/mol. The number of anilines is 1. The highest BCUT2D eigenvalue weighted by atomic mass is 16.2. The molecule has 1 aromatic rings. The summed E-state index contributed by atoms with van der Waals surface area (Å²) >= 11 is 0. The van der Waals surface area contributed by atoms with Crippen LogP contribution in [0, 0.1) is 12.8 Å². The SMILES string of the molecule is Cc1ccc2c(c1)NC1(CCC(=O)N(C(C)C(=O)N3CCC(C)CC3)CC1)NC2=O. The summed E-state index contributed by atoms with van der Waals surface area (Å²) in [6.45, 7) is 8.02. The number of fused-ring (bicyclic) bond motifs is 1. The number of piperidine rings is 1. The molecule has 30 heavy (non-hydrogen) atoms. The molecule has 3 aliphatic heterocycles. The van der Waals surface area contributed by atoms with E-state index in [2.05, 4.69) is 17.6 Å². The molecule has 3 aliphatic rings. The molecule has 2 saturated heterocycles. The third-order valence-electron chi connectivity index (χ3n) is 6.93. The van der Waals surface area contributed by atoms with E-state index in [9.17, 15) is 14.4 Å². The van der Waals surface area contributed by atoms with Gasteiger partial charge in [-0.1, -0.05) is 13.0 Å². The van der Waals surface area contributed by atoms with E-state index in [0.717, 1.165) is 37.2 Å². The average Bonchev–Trinajstić information content (AvgIpc) is 2.86. The molecule has 1 spiro atoms. The predicted molar refractivity (Wildman–Crippen MR) is 115 cm³/mol.